The lowest BCUT2D eigenvalue weighted by molar-refractivity contribution is -0.116. The summed E-state index contributed by atoms with van der Waals surface area (Å²) in [6.45, 7) is 1.60. The third-order valence-corrected chi connectivity index (χ3v) is 8.70. The highest BCUT2D eigenvalue weighted by Crippen LogP contribution is 2.27. The molecule has 4 rings (SSSR count). The van der Waals surface area contributed by atoms with Crippen molar-refractivity contribution in [2.24, 2.45) is 5.92 Å². The van der Waals surface area contributed by atoms with Crippen molar-refractivity contribution in [3.05, 3.63) is 60.2 Å². The smallest absolute Gasteiger partial charge is 0.282 e. The van der Waals surface area contributed by atoms with Crippen LogP contribution in [0.3, 0.4) is 0 Å². The number of benzene rings is 2. The topological polar surface area (TPSA) is 86.8 Å². The van der Waals surface area contributed by atoms with Gasteiger partial charge in [-0.2, -0.15) is 4.31 Å². The maximum Gasteiger partial charge on any atom is 0.282 e. The van der Waals surface area contributed by atoms with Crippen LogP contribution in [0.15, 0.2) is 59.5 Å². The molecule has 2 aliphatic rings. The number of thioether (sulfide) groups is 1. The number of piperidine rings is 1. The van der Waals surface area contributed by atoms with E-state index in [0.717, 1.165) is 19.3 Å². The Bertz CT molecular complexity index is 1050. The minimum Gasteiger partial charge on any atom is -0.325 e. The lowest BCUT2D eigenvalue weighted by Crippen LogP contribution is -2.38. The normalized spacial score (nSPS) is 18.1. The predicted molar refractivity (Wildman–Crippen MR) is 126 cm³/mol. The van der Waals surface area contributed by atoms with Crippen LogP contribution in [0.5, 0.6) is 0 Å². The van der Waals surface area contributed by atoms with Gasteiger partial charge in [0.1, 0.15) is 6.54 Å². The Labute approximate surface area is 193 Å². The van der Waals surface area contributed by atoms with Crippen molar-refractivity contribution in [1.29, 1.82) is 0 Å². The van der Waals surface area contributed by atoms with Crippen LogP contribution >= 0.6 is 11.8 Å². The van der Waals surface area contributed by atoms with E-state index >= 15 is 0 Å². The number of hydrogen-bond acceptors (Lipinski definition) is 5. The molecule has 0 atom stereocenters. The first kappa shape index (κ1) is 22.8. The van der Waals surface area contributed by atoms with Gasteiger partial charge in [0.05, 0.1) is 4.90 Å². The van der Waals surface area contributed by atoms with Crippen molar-refractivity contribution in [2.45, 2.75) is 24.2 Å². The number of anilines is 1. The monoisotopic (exact) mass is 473 g/mol. The number of hydrogen-bond donors (Lipinski definition) is 1. The fourth-order valence-electron chi connectivity index (χ4n) is 4.10. The molecule has 2 fully saturated rings. The first-order valence-electron chi connectivity index (χ1n) is 10.8. The summed E-state index contributed by atoms with van der Waals surface area (Å²) >= 11 is 1.21. The van der Waals surface area contributed by atoms with Crippen LogP contribution < -0.4 is 5.32 Å². The summed E-state index contributed by atoms with van der Waals surface area (Å²) in [5.74, 6) is 0.890. The molecule has 7 nitrogen and oxygen atoms in total. The van der Waals surface area contributed by atoms with Gasteiger partial charge in [-0.25, -0.2) is 8.42 Å². The quantitative estimate of drug-likeness (QED) is 0.666. The molecule has 9 heteroatoms. The van der Waals surface area contributed by atoms with E-state index in [1.165, 1.54) is 34.4 Å². The Balaban J connectivity index is 1.31. The van der Waals surface area contributed by atoms with Crippen LogP contribution in [0.25, 0.3) is 0 Å². The SMILES string of the molecule is O=C(CN1CCSC1=O)Nc1ccc(S(=O)(=O)N2CCC(Cc3ccccc3)CC2)cc1. The molecule has 0 aliphatic carbocycles. The Kier molecular flexibility index (Phi) is 7.17. The molecular formula is C23H27N3O4S2. The van der Waals surface area contributed by atoms with Gasteiger partial charge in [-0.1, -0.05) is 42.1 Å². The number of sulfonamides is 1. The summed E-state index contributed by atoms with van der Waals surface area (Å²) in [5, 5.41) is 2.64. The first-order chi connectivity index (χ1) is 15.4. The fourth-order valence-corrected chi connectivity index (χ4v) is 6.40. The van der Waals surface area contributed by atoms with Gasteiger partial charge < -0.3 is 10.2 Å². The molecule has 0 radical (unpaired) electrons. The first-order valence-corrected chi connectivity index (χ1v) is 13.2. The van der Waals surface area contributed by atoms with Crippen LogP contribution in [0.4, 0.5) is 10.5 Å². The van der Waals surface area contributed by atoms with Gasteiger partial charge in [-0.15, -0.1) is 0 Å². The van der Waals surface area contributed by atoms with Crippen LogP contribution in [0.1, 0.15) is 18.4 Å². The number of carbonyl (C=O) groups is 2. The Morgan fingerprint density at radius 2 is 1.69 bits per heavy atom. The molecule has 2 amide bonds. The highest BCUT2D eigenvalue weighted by Gasteiger charge is 2.29. The number of nitrogens with one attached hydrogen (secondary N) is 1. The molecule has 2 saturated heterocycles. The van der Waals surface area contributed by atoms with Gasteiger partial charge in [0.15, 0.2) is 0 Å². The molecule has 2 aliphatic heterocycles. The van der Waals surface area contributed by atoms with E-state index in [0.29, 0.717) is 37.0 Å². The van der Waals surface area contributed by atoms with Crippen molar-refractivity contribution in [3.8, 4) is 0 Å². The maximum atomic E-state index is 13.0. The van der Waals surface area contributed by atoms with Gasteiger partial charge >= 0.3 is 0 Å². The third kappa shape index (κ3) is 5.51. The Hall–Kier alpha value is -2.36. The van der Waals surface area contributed by atoms with Crippen molar-refractivity contribution in [2.75, 3.05) is 37.2 Å². The summed E-state index contributed by atoms with van der Waals surface area (Å²) in [6.07, 6.45) is 2.66. The summed E-state index contributed by atoms with van der Waals surface area (Å²) in [7, 11) is -3.56. The second-order valence-electron chi connectivity index (χ2n) is 8.15. The largest absolute Gasteiger partial charge is 0.325 e. The second-order valence-corrected chi connectivity index (χ2v) is 11.1. The molecule has 2 heterocycles. The van der Waals surface area contributed by atoms with Crippen molar-refractivity contribution in [1.82, 2.24) is 9.21 Å². The van der Waals surface area contributed by atoms with Gasteiger partial charge in [0, 0.05) is 31.1 Å². The second kappa shape index (κ2) is 10.1. The molecule has 0 aromatic heterocycles. The molecule has 170 valence electrons. The number of rotatable bonds is 7. The molecule has 0 bridgehead atoms. The van der Waals surface area contributed by atoms with Crippen LogP contribution in [0, 0.1) is 5.92 Å². The Morgan fingerprint density at radius 1 is 1.00 bits per heavy atom. The van der Waals surface area contributed by atoms with E-state index in [1.807, 2.05) is 18.2 Å². The Morgan fingerprint density at radius 3 is 2.31 bits per heavy atom. The lowest BCUT2D eigenvalue weighted by Gasteiger charge is -2.31. The average Bonchev–Trinajstić information content (AvgIpc) is 3.19. The summed E-state index contributed by atoms with van der Waals surface area (Å²) < 4.78 is 27.6. The van der Waals surface area contributed by atoms with E-state index in [-0.39, 0.29) is 22.6 Å². The summed E-state index contributed by atoms with van der Waals surface area (Å²) in [6, 6.07) is 16.5. The third-order valence-electron chi connectivity index (χ3n) is 5.90. The molecule has 32 heavy (non-hydrogen) atoms. The van der Waals surface area contributed by atoms with Crippen molar-refractivity contribution >= 4 is 38.6 Å². The molecule has 0 saturated carbocycles. The lowest BCUT2D eigenvalue weighted by atomic mass is 9.91. The maximum absolute atomic E-state index is 13.0. The van der Waals surface area contributed by atoms with Crippen LogP contribution in [-0.4, -0.2) is 60.7 Å². The number of nitrogens with zero attached hydrogens (tertiary/aromatic N) is 2. The van der Waals surface area contributed by atoms with E-state index in [1.54, 1.807) is 16.4 Å². The predicted octanol–water partition coefficient (Wildman–Crippen LogP) is 3.44. The van der Waals surface area contributed by atoms with Gasteiger partial charge in [-0.3, -0.25) is 9.59 Å². The highest BCUT2D eigenvalue weighted by atomic mass is 32.2. The van der Waals surface area contributed by atoms with E-state index in [9.17, 15) is 18.0 Å². The fraction of sp³-hybridized carbons (Fsp3) is 0.391. The summed E-state index contributed by atoms with van der Waals surface area (Å²) in [5.41, 5.74) is 1.80. The number of amides is 2. The van der Waals surface area contributed by atoms with E-state index in [2.05, 4.69) is 17.4 Å². The van der Waals surface area contributed by atoms with Crippen LogP contribution in [0.2, 0.25) is 0 Å². The van der Waals surface area contributed by atoms with E-state index < -0.39 is 10.0 Å². The van der Waals surface area contributed by atoms with Crippen molar-refractivity contribution in [3.63, 3.8) is 0 Å². The van der Waals surface area contributed by atoms with Gasteiger partial charge in [0.2, 0.25) is 15.9 Å². The highest BCUT2D eigenvalue weighted by molar-refractivity contribution is 8.13. The molecule has 0 unspecified atom stereocenters. The zero-order valence-electron chi connectivity index (χ0n) is 17.8. The van der Waals surface area contributed by atoms with Crippen LogP contribution in [-0.2, 0) is 21.2 Å². The van der Waals surface area contributed by atoms with E-state index in [4.69, 9.17) is 0 Å². The van der Waals surface area contributed by atoms with Crippen molar-refractivity contribution < 1.29 is 18.0 Å². The standard InChI is InChI=1S/C23H27N3O4S2/c27-22(17-25-14-15-31-23(25)28)24-20-6-8-21(9-7-20)32(29,30)26-12-10-19(11-13-26)16-18-4-2-1-3-5-18/h1-9,19H,10-17H2,(H,24,27). The average molecular weight is 474 g/mol. The van der Waals surface area contributed by atoms with Gasteiger partial charge in [0.25, 0.3) is 5.24 Å². The molecule has 2 aromatic carbocycles. The zero-order valence-corrected chi connectivity index (χ0v) is 19.4. The molecule has 0 spiro atoms. The molecular weight excluding hydrogens is 446 g/mol. The van der Waals surface area contributed by atoms with Gasteiger partial charge in [-0.05, 0) is 55.0 Å². The number of carbonyl (C=O) groups excluding carboxylic acids is 2. The molecule has 1 N–H and O–H groups in total. The summed E-state index contributed by atoms with van der Waals surface area (Å²) in [4.78, 5) is 25.5. The molecule has 2 aromatic rings. The zero-order chi connectivity index (χ0) is 22.6. The minimum atomic E-state index is -3.56. The minimum absolute atomic E-state index is 0.00378.